The topological polar surface area (TPSA) is 67.7 Å². The lowest BCUT2D eigenvalue weighted by atomic mass is 10.2. The molecule has 7 nitrogen and oxygen atoms in total. The molecule has 0 bridgehead atoms. The van der Waals surface area contributed by atoms with E-state index in [0.29, 0.717) is 24.9 Å². The van der Waals surface area contributed by atoms with Gasteiger partial charge in [0.15, 0.2) is 0 Å². The van der Waals surface area contributed by atoms with E-state index in [-0.39, 0.29) is 11.5 Å². The maximum Gasteiger partial charge on any atom is 0.274 e. The molecule has 2 aliphatic heterocycles. The van der Waals surface area contributed by atoms with Crippen LogP contribution in [0.2, 0.25) is 0 Å². The van der Waals surface area contributed by atoms with Gasteiger partial charge in [0.1, 0.15) is 5.69 Å². The summed E-state index contributed by atoms with van der Waals surface area (Å²) in [6, 6.07) is 2.99. The van der Waals surface area contributed by atoms with Gasteiger partial charge in [-0.2, -0.15) is 5.10 Å². The Morgan fingerprint density at radius 1 is 1.24 bits per heavy atom. The molecule has 1 atom stereocenters. The first kappa shape index (κ1) is 18.1. The highest BCUT2D eigenvalue weighted by Crippen LogP contribution is 2.15. The Morgan fingerprint density at radius 2 is 2.12 bits per heavy atom. The highest BCUT2D eigenvalue weighted by atomic mass is 16.5. The van der Waals surface area contributed by atoms with Crippen LogP contribution >= 0.6 is 0 Å². The normalized spacial score (nSPS) is 22.1. The highest BCUT2D eigenvalue weighted by molar-refractivity contribution is 5.92. The van der Waals surface area contributed by atoms with Gasteiger partial charge in [0.2, 0.25) is 0 Å². The predicted molar refractivity (Wildman–Crippen MR) is 94.7 cm³/mol. The molecule has 0 N–H and O–H groups in total. The maximum absolute atomic E-state index is 12.8. The second kappa shape index (κ2) is 8.58. The third kappa shape index (κ3) is 4.67. The van der Waals surface area contributed by atoms with Crippen LogP contribution in [0.5, 0.6) is 0 Å². The van der Waals surface area contributed by atoms with E-state index >= 15 is 0 Å². The van der Waals surface area contributed by atoms with Gasteiger partial charge in [0.25, 0.3) is 11.5 Å². The molecular formula is C18H28N4O3. The van der Waals surface area contributed by atoms with E-state index in [9.17, 15) is 9.59 Å². The Bertz CT molecular complexity index is 639. The molecule has 0 aliphatic carbocycles. The van der Waals surface area contributed by atoms with Crippen molar-refractivity contribution in [3.63, 3.8) is 0 Å². The standard InChI is InChI=1S/C18H28N4O3/c1-2-8-22-17(23)7-6-16(19-22)18(24)21-10-4-9-20(11-12-21)14-15-5-3-13-25-15/h6-7,15H,2-5,8-14H2,1H3. The lowest BCUT2D eigenvalue weighted by molar-refractivity contribution is 0.0700. The molecule has 1 aromatic rings. The molecule has 0 aromatic carbocycles. The summed E-state index contributed by atoms with van der Waals surface area (Å²) in [7, 11) is 0. The molecule has 3 heterocycles. The fraction of sp³-hybridized carbons (Fsp3) is 0.722. The SMILES string of the molecule is CCCn1nc(C(=O)N2CCCN(CC3CCCO3)CC2)ccc1=O. The Morgan fingerprint density at radius 3 is 2.88 bits per heavy atom. The van der Waals surface area contributed by atoms with E-state index in [1.54, 1.807) is 6.07 Å². The van der Waals surface area contributed by atoms with Crippen LogP contribution in [0.1, 0.15) is 43.1 Å². The second-order valence-corrected chi connectivity index (χ2v) is 6.86. The average molecular weight is 348 g/mol. The van der Waals surface area contributed by atoms with Gasteiger partial charge in [-0.25, -0.2) is 4.68 Å². The summed E-state index contributed by atoms with van der Waals surface area (Å²) in [5, 5.41) is 4.25. The number of aryl methyl sites for hydroxylation is 1. The number of rotatable bonds is 5. The second-order valence-electron chi connectivity index (χ2n) is 6.86. The molecule has 1 aromatic heterocycles. The van der Waals surface area contributed by atoms with Crippen LogP contribution in [0.15, 0.2) is 16.9 Å². The minimum atomic E-state index is -0.156. The van der Waals surface area contributed by atoms with Gasteiger partial charge in [-0.3, -0.25) is 14.5 Å². The van der Waals surface area contributed by atoms with Crippen molar-refractivity contribution in [2.45, 2.75) is 45.3 Å². The number of aromatic nitrogens is 2. The van der Waals surface area contributed by atoms with Crippen molar-refractivity contribution < 1.29 is 9.53 Å². The number of carbonyl (C=O) groups excluding carboxylic acids is 1. The summed E-state index contributed by atoms with van der Waals surface area (Å²) in [5.41, 5.74) is 0.206. The van der Waals surface area contributed by atoms with Crippen molar-refractivity contribution in [2.75, 3.05) is 39.3 Å². The van der Waals surface area contributed by atoms with Crippen molar-refractivity contribution in [3.05, 3.63) is 28.2 Å². The van der Waals surface area contributed by atoms with E-state index in [1.165, 1.54) is 10.7 Å². The van der Waals surface area contributed by atoms with Gasteiger partial charge in [0.05, 0.1) is 6.10 Å². The van der Waals surface area contributed by atoms with Crippen molar-refractivity contribution in [2.24, 2.45) is 0 Å². The monoisotopic (exact) mass is 348 g/mol. The molecule has 0 radical (unpaired) electrons. The zero-order valence-corrected chi connectivity index (χ0v) is 15.0. The Hall–Kier alpha value is -1.73. The maximum atomic E-state index is 12.8. The van der Waals surface area contributed by atoms with E-state index < -0.39 is 0 Å². The Labute approximate surface area is 148 Å². The van der Waals surface area contributed by atoms with E-state index in [4.69, 9.17) is 4.74 Å². The number of amides is 1. The summed E-state index contributed by atoms with van der Waals surface area (Å²) in [5.74, 6) is -0.0798. The van der Waals surface area contributed by atoms with Crippen LogP contribution in [0.3, 0.4) is 0 Å². The van der Waals surface area contributed by atoms with Gasteiger partial charge in [0, 0.05) is 45.4 Å². The molecule has 7 heteroatoms. The van der Waals surface area contributed by atoms with E-state index in [2.05, 4.69) is 10.00 Å². The fourth-order valence-corrected chi connectivity index (χ4v) is 3.53. The summed E-state index contributed by atoms with van der Waals surface area (Å²) in [6.07, 6.45) is 4.41. The van der Waals surface area contributed by atoms with E-state index in [1.807, 2.05) is 11.8 Å². The Kier molecular flexibility index (Phi) is 6.20. The molecule has 2 saturated heterocycles. The summed E-state index contributed by atoms with van der Waals surface area (Å²) >= 11 is 0. The van der Waals surface area contributed by atoms with Crippen LogP contribution in [-0.4, -0.2) is 70.9 Å². The quantitative estimate of drug-likeness (QED) is 0.793. The molecular weight excluding hydrogens is 320 g/mol. The zero-order chi connectivity index (χ0) is 17.6. The summed E-state index contributed by atoms with van der Waals surface area (Å²) in [4.78, 5) is 28.8. The van der Waals surface area contributed by atoms with Crippen molar-refractivity contribution in [1.29, 1.82) is 0 Å². The molecule has 2 fully saturated rings. The minimum absolute atomic E-state index is 0.0798. The predicted octanol–water partition coefficient (Wildman–Crippen LogP) is 0.980. The lowest BCUT2D eigenvalue weighted by Gasteiger charge is -2.24. The van der Waals surface area contributed by atoms with Crippen LogP contribution in [0, 0.1) is 0 Å². The first-order chi connectivity index (χ1) is 12.2. The van der Waals surface area contributed by atoms with Crippen LogP contribution in [0.4, 0.5) is 0 Å². The molecule has 0 saturated carbocycles. The third-order valence-corrected chi connectivity index (χ3v) is 4.88. The fourth-order valence-electron chi connectivity index (χ4n) is 3.53. The van der Waals surface area contributed by atoms with Crippen molar-refractivity contribution >= 4 is 5.91 Å². The largest absolute Gasteiger partial charge is 0.377 e. The van der Waals surface area contributed by atoms with Gasteiger partial charge >= 0.3 is 0 Å². The summed E-state index contributed by atoms with van der Waals surface area (Å²) < 4.78 is 7.11. The number of ether oxygens (including phenoxy) is 1. The van der Waals surface area contributed by atoms with Crippen LogP contribution in [-0.2, 0) is 11.3 Å². The molecule has 138 valence electrons. The molecule has 0 spiro atoms. The van der Waals surface area contributed by atoms with Gasteiger partial charge < -0.3 is 9.64 Å². The molecule has 3 rings (SSSR count). The first-order valence-electron chi connectivity index (χ1n) is 9.39. The van der Waals surface area contributed by atoms with Gasteiger partial charge in [-0.15, -0.1) is 0 Å². The minimum Gasteiger partial charge on any atom is -0.377 e. The smallest absolute Gasteiger partial charge is 0.274 e. The molecule has 1 amide bonds. The number of hydrogen-bond acceptors (Lipinski definition) is 5. The number of hydrogen-bond donors (Lipinski definition) is 0. The molecule has 2 aliphatic rings. The summed E-state index contributed by atoms with van der Waals surface area (Å²) in [6.45, 7) is 7.64. The number of nitrogens with zero attached hydrogens (tertiary/aromatic N) is 4. The molecule has 25 heavy (non-hydrogen) atoms. The van der Waals surface area contributed by atoms with Crippen molar-refractivity contribution in [1.82, 2.24) is 19.6 Å². The van der Waals surface area contributed by atoms with Gasteiger partial charge in [-0.05, 0) is 38.3 Å². The Balaban J connectivity index is 1.60. The lowest BCUT2D eigenvalue weighted by Crippen LogP contribution is -2.38. The third-order valence-electron chi connectivity index (χ3n) is 4.88. The average Bonchev–Trinajstić information content (AvgIpc) is 3.01. The van der Waals surface area contributed by atoms with Crippen LogP contribution < -0.4 is 5.56 Å². The van der Waals surface area contributed by atoms with E-state index in [0.717, 1.165) is 58.5 Å². The van der Waals surface area contributed by atoms with Crippen molar-refractivity contribution in [3.8, 4) is 0 Å². The number of carbonyl (C=O) groups is 1. The molecule has 1 unspecified atom stereocenters. The van der Waals surface area contributed by atoms with Gasteiger partial charge in [-0.1, -0.05) is 6.92 Å². The first-order valence-corrected chi connectivity index (χ1v) is 9.39. The highest BCUT2D eigenvalue weighted by Gasteiger charge is 2.24. The van der Waals surface area contributed by atoms with Crippen LogP contribution in [0.25, 0.3) is 0 Å². The zero-order valence-electron chi connectivity index (χ0n) is 15.0.